The van der Waals surface area contributed by atoms with E-state index in [-0.39, 0.29) is 28.4 Å². The summed E-state index contributed by atoms with van der Waals surface area (Å²) < 4.78 is 1.61. The van der Waals surface area contributed by atoms with Gasteiger partial charge in [0.1, 0.15) is 0 Å². The monoisotopic (exact) mass is 388 g/mol. The number of aromatic nitrogens is 3. The summed E-state index contributed by atoms with van der Waals surface area (Å²) in [5.74, 6) is -0.148. The lowest BCUT2D eigenvalue weighted by molar-refractivity contribution is -0.113. The van der Waals surface area contributed by atoms with Crippen LogP contribution in [-0.4, -0.2) is 26.2 Å². The van der Waals surface area contributed by atoms with E-state index in [1.165, 1.54) is 11.8 Å². The number of pyridine rings is 1. The van der Waals surface area contributed by atoms with Crippen molar-refractivity contribution in [1.82, 2.24) is 14.5 Å². The van der Waals surface area contributed by atoms with Crippen LogP contribution in [0.25, 0.3) is 10.9 Å². The number of thioether (sulfide) groups is 1. The molecule has 134 valence electrons. The van der Waals surface area contributed by atoms with Gasteiger partial charge in [-0.2, -0.15) is 0 Å². The fourth-order valence-electron chi connectivity index (χ4n) is 2.48. The zero-order chi connectivity index (χ0) is 18.7. The molecule has 26 heavy (non-hydrogen) atoms. The van der Waals surface area contributed by atoms with Crippen LogP contribution in [-0.2, 0) is 4.79 Å². The van der Waals surface area contributed by atoms with Crippen molar-refractivity contribution in [3.05, 3.63) is 58.1 Å². The normalized spacial score (nSPS) is 11.1. The van der Waals surface area contributed by atoms with Gasteiger partial charge in [-0.15, -0.1) is 0 Å². The second-order valence-corrected chi connectivity index (χ2v) is 7.16. The highest BCUT2D eigenvalue weighted by Crippen LogP contribution is 2.22. The summed E-state index contributed by atoms with van der Waals surface area (Å²) >= 11 is 7.16. The average Bonchev–Trinajstić information content (AvgIpc) is 2.61. The van der Waals surface area contributed by atoms with E-state index in [0.717, 1.165) is 0 Å². The van der Waals surface area contributed by atoms with Crippen LogP contribution in [0, 0.1) is 0 Å². The summed E-state index contributed by atoms with van der Waals surface area (Å²) in [6, 6.07) is 10.5. The third kappa shape index (κ3) is 3.89. The number of fused-ring (bicyclic) bond motifs is 1. The molecule has 0 radical (unpaired) electrons. The van der Waals surface area contributed by atoms with E-state index in [2.05, 4.69) is 15.3 Å². The molecule has 1 N–H and O–H groups in total. The summed E-state index contributed by atoms with van der Waals surface area (Å²) in [4.78, 5) is 33.5. The molecular weight excluding hydrogens is 372 g/mol. The molecule has 0 aliphatic carbocycles. The van der Waals surface area contributed by atoms with E-state index in [4.69, 9.17) is 11.6 Å². The molecule has 0 fully saturated rings. The van der Waals surface area contributed by atoms with Crippen LogP contribution in [0.5, 0.6) is 0 Å². The van der Waals surface area contributed by atoms with Gasteiger partial charge >= 0.3 is 0 Å². The number of rotatable bonds is 5. The van der Waals surface area contributed by atoms with Gasteiger partial charge in [-0.25, -0.2) is 9.97 Å². The van der Waals surface area contributed by atoms with Gasteiger partial charge in [0.25, 0.3) is 5.56 Å². The lowest BCUT2D eigenvalue weighted by Crippen LogP contribution is -2.25. The molecule has 3 rings (SSSR count). The SMILES string of the molecule is CC(C)n1c(SCC(=O)Nc2cccnc2Cl)nc2ccccc2c1=O. The molecule has 0 bridgehead atoms. The minimum Gasteiger partial charge on any atom is -0.323 e. The number of nitrogens with one attached hydrogen (secondary N) is 1. The molecule has 0 saturated carbocycles. The lowest BCUT2D eigenvalue weighted by atomic mass is 10.2. The van der Waals surface area contributed by atoms with Gasteiger partial charge in [0.15, 0.2) is 10.3 Å². The van der Waals surface area contributed by atoms with Crippen LogP contribution in [0.2, 0.25) is 5.15 Å². The van der Waals surface area contributed by atoms with Crippen LogP contribution < -0.4 is 10.9 Å². The van der Waals surface area contributed by atoms with E-state index in [1.807, 2.05) is 26.0 Å². The lowest BCUT2D eigenvalue weighted by Gasteiger charge is -2.16. The predicted molar refractivity (Wildman–Crippen MR) is 105 cm³/mol. The maximum Gasteiger partial charge on any atom is 0.262 e. The molecule has 3 aromatic rings. The third-order valence-corrected chi connectivity index (χ3v) is 4.91. The molecule has 0 aliphatic heterocycles. The van der Waals surface area contributed by atoms with Crippen molar-refractivity contribution >= 4 is 45.9 Å². The molecule has 8 heteroatoms. The summed E-state index contributed by atoms with van der Waals surface area (Å²) in [7, 11) is 0. The van der Waals surface area contributed by atoms with E-state index < -0.39 is 0 Å². The minimum absolute atomic E-state index is 0.0714. The number of amides is 1. The number of nitrogens with zero attached hydrogens (tertiary/aromatic N) is 3. The van der Waals surface area contributed by atoms with Crippen LogP contribution in [0.3, 0.4) is 0 Å². The number of benzene rings is 1. The van der Waals surface area contributed by atoms with Crippen molar-refractivity contribution in [3.8, 4) is 0 Å². The van der Waals surface area contributed by atoms with Gasteiger partial charge < -0.3 is 5.32 Å². The first-order valence-electron chi connectivity index (χ1n) is 8.02. The Bertz CT molecular complexity index is 1020. The Morgan fingerprint density at radius 1 is 1.27 bits per heavy atom. The number of anilines is 1. The van der Waals surface area contributed by atoms with Gasteiger partial charge in [-0.3, -0.25) is 14.2 Å². The Hall–Kier alpha value is -2.38. The van der Waals surface area contributed by atoms with Crippen LogP contribution in [0.15, 0.2) is 52.5 Å². The summed E-state index contributed by atoms with van der Waals surface area (Å²) in [5, 5.41) is 4.02. The maximum absolute atomic E-state index is 12.8. The molecule has 0 unspecified atom stereocenters. The zero-order valence-corrected chi connectivity index (χ0v) is 15.8. The van der Waals surface area contributed by atoms with Crippen molar-refractivity contribution in [2.75, 3.05) is 11.1 Å². The number of carbonyl (C=O) groups excluding carboxylic acids is 1. The van der Waals surface area contributed by atoms with E-state index in [9.17, 15) is 9.59 Å². The maximum atomic E-state index is 12.8. The first kappa shape index (κ1) is 18.4. The Kier molecular flexibility index (Phi) is 5.58. The molecule has 1 aromatic carbocycles. The zero-order valence-electron chi connectivity index (χ0n) is 14.3. The van der Waals surface area contributed by atoms with Gasteiger partial charge in [0.2, 0.25) is 5.91 Å². The van der Waals surface area contributed by atoms with Gasteiger partial charge in [-0.05, 0) is 38.1 Å². The summed E-state index contributed by atoms with van der Waals surface area (Å²) in [5.41, 5.74) is 0.962. The van der Waals surface area contributed by atoms with Crippen molar-refractivity contribution in [1.29, 1.82) is 0 Å². The third-order valence-electron chi connectivity index (χ3n) is 3.66. The minimum atomic E-state index is -0.248. The van der Waals surface area contributed by atoms with Crippen LogP contribution >= 0.6 is 23.4 Å². The molecule has 0 saturated heterocycles. The first-order valence-corrected chi connectivity index (χ1v) is 9.38. The molecule has 6 nitrogen and oxygen atoms in total. The van der Waals surface area contributed by atoms with E-state index in [0.29, 0.717) is 21.7 Å². The van der Waals surface area contributed by atoms with E-state index >= 15 is 0 Å². The van der Waals surface area contributed by atoms with Crippen molar-refractivity contribution in [2.45, 2.75) is 25.0 Å². The van der Waals surface area contributed by atoms with Gasteiger partial charge in [-0.1, -0.05) is 35.5 Å². The number of para-hydroxylation sites is 1. The number of halogens is 1. The number of hydrogen-bond acceptors (Lipinski definition) is 5. The number of carbonyl (C=O) groups is 1. The molecular formula is C18H17ClN4O2S. The largest absolute Gasteiger partial charge is 0.323 e. The van der Waals surface area contributed by atoms with Crippen LogP contribution in [0.1, 0.15) is 19.9 Å². The van der Waals surface area contributed by atoms with Gasteiger partial charge in [0.05, 0.1) is 22.3 Å². The standard InChI is InChI=1S/C18H17ClN4O2S/c1-11(2)23-17(25)12-6-3-4-7-13(12)22-18(23)26-10-15(24)21-14-8-5-9-20-16(14)19/h3-9,11H,10H2,1-2H3,(H,21,24). The summed E-state index contributed by atoms with van der Waals surface area (Å²) in [6.07, 6.45) is 1.55. The fourth-order valence-corrected chi connectivity index (χ4v) is 3.57. The number of hydrogen-bond donors (Lipinski definition) is 1. The average molecular weight is 389 g/mol. The molecule has 2 aromatic heterocycles. The Morgan fingerprint density at radius 3 is 2.77 bits per heavy atom. The van der Waals surface area contributed by atoms with Crippen molar-refractivity contribution < 1.29 is 4.79 Å². The first-order chi connectivity index (χ1) is 12.5. The highest BCUT2D eigenvalue weighted by atomic mass is 35.5. The molecule has 0 aliphatic rings. The second-order valence-electron chi connectivity index (χ2n) is 5.86. The molecule has 0 spiro atoms. The highest BCUT2D eigenvalue weighted by molar-refractivity contribution is 7.99. The van der Waals surface area contributed by atoms with Crippen molar-refractivity contribution in [2.24, 2.45) is 0 Å². The topological polar surface area (TPSA) is 76.9 Å². The van der Waals surface area contributed by atoms with Crippen molar-refractivity contribution in [3.63, 3.8) is 0 Å². The molecule has 2 heterocycles. The Labute approximate surface area is 159 Å². The Balaban J connectivity index is 1.84. The van der Waals surface area contributed by atoms with Gasteiger partial charge in [0, 0.05) is 12.2 Å². The molecule has 1 amide bonds. The van der Waals surface area contributed by atoms with E-state index in [1.54, 1.807) is 35.0 Å². The quantitative estimate of drug-likeness (QED) is 0.409. The van der Waals surface area contributed by atoms with Crippen LogP contribution in [0.4, 0.5) is 5.69 Å². The fraction of sp³-hybridized carbons (Fsp3) is 0.222. The smallest absolute Gasteiger partial charge is 0.262 e. The summed E-state index contributed by atoms with van der Waals surface area (Å²) in [6.45, 7) is 3.83. The second kappa shape index (κ2) is 7.88. The molecule has 0 atom stereocenters. The highest BCUT2D eigenvalue weighted by Gasteiger charge is 2.15. The Morgan fingerprint density at radius 2 is 2.04 bits per heavy atom. The predicted octanol–water partition coefficient (Wildman–Crippen LogP) is 3.76.